The third-order valence-electron chi connectivity index (χ3n) is 4.88. The first kappa shape index (κ1) is 16.1. The molecule has 30 heavy (non-hydrogen) atoms. The Balaban J connectivity index is 1.74. The van der Waals surface area contributed by atoms with E-state index in [1.165, 1.54) is 7.11 Å². The molecule has 0 bridgehead atoms. The van der Waals surface area contributed by atoms with Gasteiger partial charge in [-0.3, -0.25) is 9.48 Å². The highest BCUT2D eigenvalue weighted by atomic mass is 16.5. The fourth-order valence-corrected chi connectivity index (χ4v) is 3.04. The maximum Gasteiger partial charge on any atom is 0.273 e. The number of hydrogen-bond donors (Lipinski definition) is 3. The minimum Gasteiger partial charge on any atom is -0.494 e. The van der Waals surface area contributed by atoms with E-state index in [9.17, 15) is 4.79 Å². The van der Waals surface area contributed by atoms with Gasteiger partial charge in [-0.05, 0) is 31.9 Å². The smallest absolute Gasteiger partial charge is 0.273 e. The van der Waals surface area contributed by atoms with Crippen LogP contribution in [-0.4, -0.2) is 50.5 Å². The molecule has 10 heteroatoms. The first-order chi connectivity index (χ1) is 15.6. The van der Waals surface area contributed by atoms with Crippen LogP contribution in [0.1, 0.15) is 34.4 Å². The quantitative estimate of drug-likeness (QED) is 0.542. The first-order valence-corrected chi connectivity index (χ1v) is 9.35. The molecule has 2 heterocycles. The van der Waals surface area contributed by atoms with Gasteiger partial charge in [0.15, 0.2) is 23.1 Å². The highest BCUT2D eigenvalue weighted by Gasteiger charge is 2.37. The molecular weight excluding hydrogens is 384 g/mol. The summed E-state index contributed by atoms with van der Waals surface area (Å²) in [4.78, 5) is 16.9. The summed E-state index contributed by atoms with van der Waals surface area (Å²) in [6, 6.07) is 6.98. The molecule has 1 fully saturated rings. The van der Waals surface area contributed by atoms with Crippen LogP contribution < -0.4 is 20.7 Å². The molecule has 1 aromatic carbocycles. The van der Waals surface area contributed by atoms with Gasteiger partial charge in [-0.2, -0.15) is 5.10 Å². The molecule has 0 spiro atoms. The molecule has 0 unspecified atom stereocenters. The predicted octanol–water partition coefficient (Wildman–Crippen LogP) is 2.35. The van der Waals surface area contributed by atoms with Crippen LogP contribution in [0.3, 0.4) is 0 Å². The SMILES string of the molecule is [2H]C([2H])([2H])NC(=O)c1nnc(NC2(C)CC2)cc1Nc1cccc(-c2ncn(C)n2)c1OC. The molecular formula is C20H24N8O2. The van der Waals surface area contributed by atoms with Crippen molar-refractivity contribution in [1.29, 1.82) is 0 Å². The van der Waals surface area contributed by atoms with Gasteiger partial charge in [0.05, 0.1) is 24.0 Å². The fraction of sp³-hybridized carbons (Fsp3) is 0.350. The molecule has 1 aliphatic rings. The van der Waals surface area contributed by atoms with Crippen molar-refractivity contribution in [2.75, 3.05) is 24.7 Å². The Hall–Kier alpha value is -3.69. The molecule has 0 radical (unpaired) electrons. The Morgan fingerprint density at radius 3 is 2.80 bits per heavy atom. The van der Waals surface area contributed by atoms with E-state index in [0.717, 1.165) is 12.8 Å². The van der Waals surface area contributed by atoms with Gasteiger partial charge >= 0.3 is 0 Å². The summed E-state index contributed by atoms with van der Waals surface area (Å²) in [7, 11) is 3.28. The Labute approximate surface area is 178 Å². The third-order valence-corrected chi connectivity index (χ3v) is 4.88. The Morgan fingerprint density at radius 2 is 2.13 bits per heavy atom. The maximum atomic E-state index is 12.6. The van der Waals surface area contributed by atoms with Gasteiger partial charge in [0.25, 0.3) is 5.91 Å². The number of carbonyl (C=O) groups excluding carboxylic acids is 1. The van der Waals surface area contributed by atoms with Crippen molar-refractivity contribution in [3.63, 3.8) is 0 Å². The molecule has 4 rings (SSSR count). The molecule has 1 saturated carbocycles. The number of nitrogens with one attached hydrogen (secondary N) is 3. The predicted molar refractivity (Wildman–Crippen MR) is 113 cm³/mol. The van der Waals surface area contributed by atoms with Crippen molar-refractivity contribution in [1.82, 2.24) is 30.3 Å². The van der Waals surface area contributed by atoms with Gasteiger partial charge in [0.2, 0.25) is 0 Å². The summed E-state index contributed by atoms with van der Waals surface area (Å²) in [5, 5.41) is 20.8. The lowest BCUT2D eigenvalue weighted by Crippen LogP contribution is -2.23. The molecule has 0 saturated heterocycles. The van der Waals surface area contributed by atoms with E-state index in [-0.39, 0.29) is 16.9 Å². The monoisotopic (exact) mass is 411 g/mol. The van der Waals surface area contributed by atoms with E-state index in [1.807, 2.05) is 11.4 Å². The number of aryl methyl sites for hydroxylation is 1. The second kappa shape index (κ2) is 7.62. The zero-order valence-electron chi connectivity index (χ0n) is 19.9. The van der Waals surface area contributed by atoms with E-state index in [1.54, 1.807) is 36.3 Å². The number of ether oxygens (including phenoxy) is 1. The summed E-state index contributed by atoms with van der Waals surface area (Å²) in [5.74, 6) is 0.502. The second-order valence-electron chi connectivity index (χ2n) is 7.38. The fourth-order valence-electron chi connectivity index (χ4n) is 3.04. The second-order valence-corrected chi connectivity index (χ2v) is 7.38. The van der Waals surface area contributed by atoms with Crippen LogP contribution >= 0.6 is 0 Å². The zero-order valence-corrected chi connectivity index (χ0v) is 16.9. The number of nitrogens with zero attached hydrogens (tertiary/aromatic N) is 5. The minimum atomic E-state index is -2.67. The number of aromatic nitrogens is 5. The highest BCUT2D eigenvalue weighted by Crippen LogP contribution is 2.39. The lowest BCUT2D eigenvalue weighted by atomic mass is 10.1. The first-order valence-electron chi connectivity index (χ1n) is 10.9. The summed E-state index contributed by atoms with van der Waals surface area (Å²) in [6.45, 7) is -0.611. The minimum absolute atomic E-state index is 0.0727. The normalized spacial score (nSPS) is 16.0. The number of rotatable bonds is 7. The number of amides is 1. The van der Waals surface area contributed by atoms with Gasteiger partial charge in [0.1, 0.15) is 6.33 Å². The van der Waals surface area contributed by atoms with Gasteiger partial charge < -0.3 is 20.7 Å². The third kappa shape index (κ3) is 3.88. The number of anilines is 3. The van der Waals surface area contributed by atoms with Crippen LogP contribution in [0.2, 0.25) is 0 Å². The van der Waals surface area contributed by atoms with E-state index in [2.05, 4.69) is 37.8 Å². The number of para-hydroxylation sites is 1. The van der Waals surface area contributed by atoms with E-state index in [0.29, 0.717) is 28.6 Å². The Kier molecular flexibility index (Phi) is 4.10. The van der Waals surface area contributed by atoms with Crippen molar-refractivity contribution < 1.29 is 13.6 Å². The lowest BCUT2D eigenvalue weighted by Gasteiger charge is -2.17. The molecule has 1 amide bonds. The number of benzene rings is 1. The van der Waals surface area contributed by atoms with Gasteiger partial charge in [-0.1, -0.05) is 6.07 Å². The van der Waals surface area contributed by atoms with Crippen LogP contribution in [-0.2, 0) is 7.05 Å². The van der Waals surface area contributed by atoms with Crippen molar-refractivity contribution >= 4 is 23.1 Å². The Morgan fingerprint density at radius 1 is 1.30 bits per heavy atom. The topological polar surface area (TPSA) is 119 Å². The summed E-state index contributed by atoms with van der Waals surface area (Å²) < 4.78 is 29.2. The van der Waals surface area contributed by atoms with Gasteiger partial charge in [-0.25, -0.2) is 4.98 Å². The van der Waals surface area contributed by atoms with Gasteiger partial charge in [-0.15, -0.1) is 10.2 Å². The van der Waals surface area contributed by atoms with E-state index in [4.69, 9.17) is 8.85 Å². The van der Waals surface area contributed by atoms with E-state index < -0.39 is 12.9 Å². The summed E-state index contributed by atoms with van der Waals surface area (Å²) in [6.07, 6.45) is 3.56. The summed E-state index contributed by atoms with van der Waals surface area (Å²) in [5.41, 5.74) is 1.19. The van der Waals surface area contributed by atoms with Crippen LogP contribution in [0.5, 0.6) is 5.75 Å². The highest BCUT2D eigenvalue weighted by molar-refractivity contribution is 5.98. The number of hydrogen-bond acceptors (Lipinski definition) is 8. The largest absolute Gasteiger partial charge is 0.494 e. The van der Waals surface area contributed by atoms with Crippen LogP contribution in [0, 0.1) is 0 Å². The molecule has 0 atom stereocenters. The van der Waals surface area contributed by atoms with Crippen molar-refractivity contribution in [3.8, 4) is 17.1 Å². The average molecular weight is 411 g/mol. The average Bonchev–Trinajstić information content (AvgIpc) is 3.29. The van der Waals surface area contributed by atoms with Crippen molar-refractivity contribution in [3.05, 3.63) is 36.3 Å². The lowest BCUT2D eigenvalue weighted by molar-refractivity contribution is 0.0958. The molecule has 156 valence electrons. The maximum absolute atomic E-state index is 12.6. The molecule has 3 N–H and O–H groups in total. The van der Waals surface area contributed by atoms with Crippen molar-refractivity contribution in [2.24, 2.45) is 7.05 Å². The summed E-state index contributed by atoms with van der Waals surface area (Å²) >= 11 is 0. The van der Waals surface area contributed by atoms with E-state index >= 15 is 0 Å². The van der Waals surface area contributed by atoms with Crippen LogP contribution in [0.15, 0.2) is 30.6 Å². The standard InChI is InChI=1S/C20H24N8O2/c1-20(8-9-20)24-15-10-14(16(26-25-15)19(29)21-2)23-13-7-5-6-12(17(13)30-4)18-22-11-28(3)27-18/h5-7,10-11H,8-9H2,1-4H3,(H,21,29)(H2,23,24,25)/i2D3. The van der Waals surface area contributed by atoms with Gasteiger partial charge in [0, 0.05) is 29.7 Å². The zero-order chi connectivity index (χ0) is 23.8. The van der Waals surface area contributed by atoms with Crippen LogP contribution in [0.25, 0.3) is 11.4 Å². The molecule has 2 aromatic heterocycles. The van der Waals surface area contributed by atoms with Crippen molar-refractivity contribution in [2.45, 2.75) is 25.3 Å². The Bertz CT molecular complexity index is 1190. The number of carbonyl (C=O) groups is 1. The molecule has 0 aliphatic heterocycles. The number of methoxy groups -OCH3 is 1. The molecule has 3 aromatic rings. The van der Waals surface area contributed by atoms with Crippen LogP contribution in [0.4, 0.5) is 17.2 Å². The molecule has 1 aliphatic carbocycles. The molecule has 10 nitrogen and oxygen atoms in total.